The second-order valence-electron chi connectivity index (χ2n) is 7.84. The van der Waals surface area contributed by atoms with Gasteiger partial charge >= 0.3 is 5.97 Å². The Labute approximate surface area is 192 Å². The molecule has 0 aliphatic heterocycles. The van der Waals surface area contributed by atoms with Crippen molar-refractivity contribution in [2.24, 2.45) is 0 Å². The number of imidazole rings is 1. The van der Waals surface area contributed by atoms with Gasteiger partial charge < -0.3 is 9.67 Å². The number of hydrogen-bond acceptors (Lipinski definition) is 2. The van der Waals surface area contributed by atoms with Crippen LogP contribution in [0, 0.1) is 0 Å². The van der Waals surface area contributed by atoms with Gasteiger partial charge in [-0.1, -0.05) is 91.0 Å². The van der Waals surface area contributed by atoms with E-state index >= 15 is 0 Å². The van der Waals surface area contributed by atoms with Gasteiger partial charge in [0, 0.05) is 6.54 Å². The highest BCUT2D eigenvalue weighted by molar-refractivity contribution is 5.96. The third kappa shape index (κ3) is 4.32. The normalized spacial score (nSPS) is 11.3. The van der Waals surface area contributed by atoms with Gasteiger partial charge in [-0.25, -0.2) is 9.78 Å². The molecular weight excluding hydrogens is 408 g/mol. The smallest absolute Gasteiger partial charge is 0.336 e. The third-order valence-electron chi connectivity index (χ3n) is 5.67. The average Bonchev–Trinajstić information content (AvgIpc) is 3.21. The lowest BCUT2D eigenvalue weighted by Gasteiger charge is -2.10. The summed E-state index contributed by atoms with van der Waals surface area (Å²) >= 11 is 0. The van der Waals surface area contributed by atoms with Crippen LogP contribution < -0.4 is 0 Å². The number of carboxylic acids is 1. The van der Waals surface area contributed by atoms with Gasteiger partial charge in [-0.3, -0.25) is 0 Å². The van der Waals surface area contributed by atoms with Crippen molar-refractivity contribution in [1.82, 2.24) is 9.55 Å². The molecule has 4 heteroatoms. The van der Waals surface area contributed by atoms with Crippen molar-refractivity contribution < 1.29 is 9.90 Å². The molecule has 0 radical (unpaired) electrons. The summed E-state index contributed by atoms with van der Waals surface area (Å²) in [7, 11) is 0. The minimum absolute atomic E-state index is 0.305. The molecule has 0 aliphatic carbocycles. The highest BCUT2D eigenvalue weighted by Crippen LogP contribution is 2.25. The minimum atomic E-state index is -0.922. The minimum Gasteiger partial charge on any atom is -0.478 e. The molecule has 0 saturated carbocycles. The lowest BCUT2D eigenvalue weighted by Crippen LogP contribution is -2.02. The maximum absolute atomic E-state index is 11.6. The molecule has 5 aromatic rings. The van der Waals surface area contributed by atoms with Crippen LogP contribution in [0.2, 0.25) is 0 Å². The molecule has 0 fully saturated rings. The van der Waals surface area contributed by atoms with E-state index in [2.05, 4.69) is 28.8 Å². The standard InChI is InChI=1S/C29H22N2O2/c32-29(33)25-11-5-4-10-24(25)23-17-14-22(15-18-23)20-31-27-13-7-6-12-26(27)30-28(31)19-16-21-8-2-1-3-9-21/h1-19H,20H2,(H,32,33)/b19-16+. The zero-order valence-electron chi connectivity index (χ0n) is 17.9. The van der Waals surface area contributed by atoms with Gasteiger partial charge in [-0.05, 0) is 46.5 Å². The van der Waals surface area contributed by atoms with Crippen molar-refractivity contribution in [3.8, 4) is 11.1 Å². The topological polar surface area (TPSA) is 55.1 Å². The predicted molar refractivity (Wildman–Crippen MR) is 133 cm³/mol. The second-order valence-corrected chi connectivity index (χ2v) is 7.84. The van der Waals surface area contributed by atoms with Crippen LogP contribution >= 0.6 is 0 Å². The van der Waals surface area contributed by atoms with Crippen molar-refractivity contribution >= 4 is 29.2 Å². The molecule has 1 N–H and O–H groups in total. The maximum Gasteiger partial charge on any atom is 0.336 e. The number of para-hydroxylation sites is 2. The zero-order chi connectivity index (χ0) is 22.6. The first-order valence-corrected chi connectivity index (χ1v) is 10.8. The molecule has 0 bridgehead atoms. The van der Waals surface area contributed by atoms with Crippen LogP contribution in [0.15, 0.2) is 103 Å². The summed E-state index contributed by atoms with van der Waals surface area (Å²) in [5, 5.41) is 9.50. The number of carbonyl (C=O) groups is 1. The molecule has 0 aliphatic rings. The first-order valence-electron chi connectivity index (χ1n) is 10.8. The number of benzene rings is 4. The van der Waals surface area contributed by atoms with Gasteiger partial charge in [0.05, 0.1) is 16.6 Å². The van der Waals surface area contributed by atoms with E-state index in [1.54, 1.807) is 12.1 Å². The van der Waals surface area contributed by atoms with Crippen molar-refractivity contribution in [1.29, 1.82) is 0 Å². The van der Waals surface area contributed by atoms with Gasteiger partial charge in [0.2, 0.25) is 0 Å². The van der Waals surface area contributed by atoms with Gasteiger partial charge in [-0.2, -0.15) is 0 Å². The summed E-state index contributed by atoms with van der Waals surface area (Å²) < 4.78 is 2.20. The molecule has 0 amide bonds. The fourth-order valence-corrected chi connectivity index (χ4v) is 4.02. The van der Waals surface area contributed by atoms with Crippen molar-refractivity contribution in [3.05, 3.63) is 126 Å². The number of rotatable bonds is 6. The Morgan fingerprint density at radius 3 is 2.27 bits per heavy atom. The van der Waals surface area contributed by atoms with Crippen molar-refractivity contribution in [2.45, 2.75) is 6.54 Å². The molecule has 0 spiro atoms. The first kappa shape index (κ1) is 20.5. The number of aromatic carboxylic acids is 1. The lowest BCUT2D eigenvalue weighted by atomic mass is 9.99. The molecule has 160 valence electrons. The molecule has 0 unspecified atom stereocenters. The molecule has 1 aromatic heterocycles. The zero-order valence-corrected chi connectivity index (χ0v) is 17.9. The molecule has 0 atom stereocenters. The van der Waals surface area contributed by atoms with Crippen molar-refractivity contribution in [2.75, 3.05) is 0 Å². The van der Waals surface area contributed by atoms with E-state index in [9.17, 15) is 9.90 Å². The van der Waals surface area contributed by atoms with E-state index < -0.39 is 5.97 Å². The summed E-state index contributed by atoms with van der Waals surface area (Å²) in [5.74, 6) is -0.0326. The largest absolute Gasteiger partial charge is 0.478 e. The van der Waals surface area contributed by atoms with E-state index in [1.807, 2.05) is 78.9 Å². The van der Waals surface area contributed by atoms with E-state index in [1.165, 1.54) is 0 Å². The summed E-state index contributed by atoms with van der Waals surface area (Å²) in [6.45, 7) is 0.663. The van der Waals surface area contributed by atoms with E-state index in [4.69, 9.17) is 4.98 Å². The SMILES string of the molecule is O=C(O)c1ccccc1-c1ccc(Cn2c(/C=C/c3ccccc3)nc3ccccc32)cc1. The number of carboxylic acid groups (broad SMARTS) is 1. The third-order valence-corrected chi connectivity index (χ3v) is 5.67. The summed E-state index contributed by atoms with van der Waals surface area (Å²) in [6.07, 6.45) is 4.12. The molecule has 0 saturated heterocycles. The van der Waals surface area contributed by atoms with Crippen LogP contribution in [0.3, 0.4) is 0 Å². The van der Waals surface area contributed by atoms with Gasteiger partial charge in [0.25, 0.3) is 0 Å². The number of fused-ring (bicyclic) bond motifs is 1. The predicted octanol–water partition coefficient (Wildman–Crippen LogP) is 6.62. The van der Waals surface area contributed by atoms with E-state index in [0.29, 0.717) is 12.1 Å². The molecular formula is C29H22N2O2. The lowest BCUT2D eigenvalue weighted by molar-refractivity contribution is 0.0697. The highest BCUT2D eigenvalue weighted by atomic mass is 16.4. The summed E-state index contributed by atoms with van der Waals surface area (Å²) in [4.78, 5) is 16.4. The van der Waals surface area contributed by atoms with Crippen LogP contribution in [-0.2, 0) is 6.54 Å². The fraction of sp³-hybridized carbons (Fsp3) is 0.0345. The monoisotopic (exact) mass is 430 g/mol. The Hall–Kier alpha value is -4.44. The fourth-order valence-electron chi connectivity index (χ4n) is 4.02. The Bertz CT molecular complexity index is 1450. The first-order chi connectivity index (χ1) is 16.2. The molecule has 33 heavy (non-hydrogen) atoms. The molecule has 4 aromatic carbocycles. The van der Waals surface area contributed by atoms with Gasteiger partial charge in [0.15, 0.2) is 0 Å². The Morgan fingerprint density at radius 2 is 1.48 bits per heavy atom. The number of hydrogen-bond donors (Lipinski definition) is 1. The van der Waals surface area contributed by atoms with Crippen LogP contribution in [0.1, 0.15) is 27.3 Å². The molecule has 1 heterocycles. The Balaban J connectivity index is 1.48. The number of nitrogens with zero attached hydrogens (tertiary/aromatic N) is 2. The quantitative estimate of drug-likeness (QED) is 0.329. The van der Waals surface area contributed by atoms with Crippen LogP contribution in [0.4, 0.5) is 0 Å². The molecule has 5 rings (SSSR count). The van der Waals surface area contributed by atoms with E-state index in [-0.39, 0.29) is 0 Å². The Kier molecular flexibility index (Phi) is 5.56. The highest BCUT2D eigenvalue weighted by Gasteiger charge is 2.12. The average molecular weight is 431 g/mol. The summed E-state index contributed by atoms with van der Waals surface area (Å²) in [6, 6.07) is 33.5. The van der Waals surface area contributed by atoms with Gasteiger partial charge in [-0.15, -0.1) is 0 Å². The molecule has 4 nitrogen and oxygen atoms in total. The van der Waals surface area contributed by atoms with E-state index in [0.717, 1.165) is 39.1 Å². The summed E-state index contributed by atoms with van der Waals surface area (Å²) in [5.41, 5.74) is 6.18. The van der Waals surface area contributed by atoms with Crippen LogP contribution in [0.25, 0.3) is 34.3 Å². The Morgan fingerprint density at radius 1 is 0.788 bits per heavy atom. The second kappa shape index (κ2) is 8.97. The number of aromatic nitrogens is 2. The maximum atomic E-state index is 11.6. The van der Waals surface area contributed by atoms with Crippen molar-refractivity contribution in [3.63, 3.8) is 0 Å². The van der Waals surface area contributed by atoms with Crippen LogP contribution in [0.5, 0.6) is 0 Å². The van der Waals surface area contributed by atoms with Gasteiger partial charge in [0.1, 0.15) is 5.82 Å². The van der Waals surface area contributed by atoms with Crippen LogP contribution in [-0.4, -0.2) is 20.6 Å².